The van der Waals surface area contributed by atoms with Crippen LogP contribution >= 0.6 is 11.6 Å². The summed E-state index contributed by atoms with van der Waals surface area (Å²) >= 11 is 6.06. The van der Waals surface area contributed by atoms with E-state index in [0.717, 1.165) is 25.9 Å². The number of anilines is 2. The number of aromatic nitrogens is 3. The fourth-order valence-electron chi connectivity index (χ4n) is 2.44. The highest BCUT2D eigenvalue weighted by molar-refractivity contribution is 6.34. The molecule has 0 aliphatic carbocycles. The lowest BCUT2D eigenvalue weighted by Gasteiger charge is -2.16. The van der Waals surface area contributed by atoms with Gasteiger partial charge in [0.1, 0.15) is 0 Å². The lowest BCUT2D eigenvalue weighted by atomic mass is 10.3. The van der Waals surface area contributed by atoms with Gasteiger partial charge in [0.05, 0.1) is 16.9 Å². The highest BCUT2D eigenvalue weighted by Gasteiger charge is 2.19. The first-order valence-corrected chi connectivity index (χ1v) is 7.68. The SMILES string of the molecule is Cn1cc(NC(=O)c2nc(N3CCCC3)ncc2Cl)ccc1=O. The number of carbonyl (C=O) groups excluding carboxylic acids is 1. The Morgan fingerprint density at radius 3 is 2.74 bits per heavy atom. The fraction of sp³-hybridized carbons (Fsp3) is 0.333. The zero-order valence-electron chi connectivity index (χ0n) is 12.6. The van der Waals surface area contributed by atoms with Crippen LogP contribution in [0, 0.1) is 0 Å². The van der Waals surface area contributed by atoms with Gasteiger partial charge in [0.15, 0.2) is 5.69 Å². The van der Waals surface area contributed by atoms with Crippen LogP contribution in [0.15, 0.2) is 29.3 Å². The third-order valence-corrected chi connectivity index (χ3v) is 3.96. The molecule has 120 valence electrons. The van der Waals surface area contributed by atoms with E-state index in [0.29, 0.717) is 11.6 Å². The normalized spacial score (nSPS) is 14.1. The third kappa shape index (κ3) is 3.34. The second-order valence-corrected chi connectivity index (χ2v) is 5.79. The topological polar surface area (TPSA) is 80.1 Å². The summed E-state index contributed by atoms with van der Waals surface area (Å²) in [5.41, 5.74) is 0.464. The molecule has 1 aliphatic heterocycles. The van der Waals surface area contributed by atoms with Crippen LogP contribution in [-0.2, 0) is 7.05 Å². The molecular weight excluding hydrogens is 318 g/mol. The number of hydrogen-bond donors (Lipinski definition) is 1. The first kappa shape index (κ1) is 15.5. The van der Waals surface area contributed by atoms with E-state index in [4.69, 9.17) is 11.6 Å². The van der Waals surface area contributed by atoms with Gasteiger partial charge in [-0.1, -0.05) is 11.6 Å². The largest absolute Gasteiger partial charge is 0.341 e. The van der Waals surface area contributed by atoms with Gasteiger partial charge >= 0.3 is 0 Å². The number of nitrogens with one attached hydrogen (secondary N) is 1. The molecule has 0 unspecified atom stereocenters. The molecule has 1 fully saturated rings. The third-order valence-electron chi connectivity index (χ3n) is 3.68. The van der Waals surface area contributed by atoms with E-state index < -0.39 is 5.91 Å². The predicted octanol–water partition coefficient (Wildman–Crippen LogP) is 1.68. The van der Waals surface area contributed by atoms with Crippen LogP contribution in [0.3, 0.4) is 0 Å². The minimum atomic E-state index is -0.434. The number of hydrogen-bond acceptors (Lipinski definition) is 5. The molecule has 0 bridgehead atoms. The molecule has 1 N–H and O–H groups in total. The first-order chi connectivity index (χ1) is 11.0. The van der Waals surface area contributed by atoms with Gasteiger partial charge in [0, 0.05) is 32.4 Å². The van der Waals surface area contributed by atoms with Crippen LogP contribution in [0.4, 0.5) is 11.6 Å². The molecule has 7 nitrogen and oxygen atoms in total. The van der Waals surface area contributed by atoms with Crippen molar-refractivity contribution in [2.24, 2.45) is 7.05 Å². The zero-order chi connectivity index (χ0) is 16.4. The second-order valence-electron chi connectivity index (χ2n) is 5.38. The van der Waals surface area contributed by atoms with Crippen molar-refractivity contribution in [2.45, 2.75) is 12.8 Å². The zero-order valence-corrected chi connectivity index (χ0v) is 13.4. The highest BCUT2D eigenvalue weighted by Crippen LogP contribution is 2.20. The monoisotopic (exact) mass is 333 g/mol. The van der Waals surface area contributed by atoms with Crippen molar-refractivity contribution in [3.63, 3.8) is 0 Å². The van der Waals surface area contributed by atoms with Crippen molar-refractivity contribution in [3.8, 4) is 0 Å². The summed E-state index contributed by atoms with van der Waals surface area (Å²) < 4.78 is 1.38. The van der Waals surface area contributed by atoms with E-state index >= 15 is 0 Å². The highest BCUT2D eigenvalue weighted by atomic mass is 35.5. The smallest absolute Gasteiger partial charge is 0.276 e. The molecule has 1 amide bonds. The Kier molecular flexibility index (Phi) is 4.29. The summed E-state index contributed by atoms with van der Waals surface area (Å²) in [4.78, 5) is 34.3. The van der Waals surface area contributed by atoms with Crippen LogP contribution in [0.5, 0.6) is 0 Å². The average molecular weight is 334 g/mol. The van der Waals surface area contributed by atoms with Crippen molar-refractivity contribution in [1.29, 1.82) is 0 Å². The van der Waals surface area contributed by atoms with E-state index in [1.165, 1.54) is 29.1 Å². The van der Waals surface area contributed by atoms with E-state index in [-0.39, 0.29) is 16.3 Å². The summed E-state index contributed by atoms with van der Waals surface area (Å²) in [7, 11) is 1.61. The maximum atomic E-state index is 12.4. The number of rotatable bonds is 3. The number of carbonyl (C=O) groups is 1. The standard InChI is InChI=1S/C15H16ClN5O2/c1-20-9-10(4-5-12(20)22)18-14(23)13-11(16)8-17-15(19-13)21-6-2-3-7-21/h4-5,8-9H,2-3,6-7H2,1H3,(H,18,23). The quantitative estimate of drug-likeness (QED) is 0.924. The van der Waals surface area contributed by atoms with Crippen molar-refractivity contribution < 1.29 is 4.79 Å². The molecule has 2 aromatic heterocycles. The van der Waals surface area contributed by atoms with E-state index in [1.807, 2.05) is 4.90 Å². The van der Waals surface area contributed by atoms with Crippen LogP contribution in [-0.4, -0.2) is 33.5 Å². The molecule has 3 rings (SSSR count). The predicted molar refractivity (Wildman–Crippen MR) is 88.1 cm³/mol. The second kappa shape index (κ2) is 6.37. The Morgan fingerprint density at radius 1 is 1.30 bits per heavy atom. The fourth-order valence-corrected chi connectivity index (χ4v) is 2.62. The van der Waals surface area contributed by atoms with Crippen molar-refractivity contribution in [2.75, 3.05) is 23.3 Å². The molecule has 23 heavy (non-hydrogen) atoms. The van der Waals surface area contributed by atoms with Crippen molar-refractivity contribution in [1.82, 2.24) is 14.5 Å². The molecule has 2 aromatic rings. The van der Waals surface area contributed by atoms with Gasteiger partial charge in [-0.15, -0.1) is 0 Å². The number of nitrogens with zero attached hydrogens (tertiary/aromatic N) is 4. The molecule has 0 radical (unpaired) electrons. The van der Waals surface area contributed by atoms with Gasteiger partial charge < -0.3 is 14.8 Å². The van der Waals surface area contributed by atoms with Gasteiger partial charge in [-0.3, -0.25) is 9.59 Å². The van der Waals surface area contributed by atoms with Crippen LogP contribution < -0.4 is 15.8 Å². The molecule has 3 heterocycles. The Balaban J connectivity index is 1.84. The van der Waals surface area contributed by atoms with E-state index in [1.54, 1.807) is 7.05 Å². The Morgan fingerprint density at radius 2 is 2.04 bits per heavy atom. The number of pyridine rings is 1. The molecule has 0 aromatic carbocycles. The Labute approximate surface area is 137 Å². The maximum absolute atomic E-state index is 12.4. The summed E-state index contributed by atoms with van der Waals surface area (Å²) in [6.45, 7) is 1.76. The van der Waals surface area contributed by atoms with Gasteiger partial charge in [-0.2, -0.15) is 0 Å². The molecule has 1 saturated heterocycles. The van der Waals surface area contributed by atoms with Crippen molar-refractivity contribution in [3.05, 3.63) is 45.6 Å². The minimum absolute atomic E-state index is 0.123. The first-order valence-electron chi connectivity index (χ1n) is 7.30. The summed E-state index contributed by atoms with van der Waals surface area (Å²) in [6, 6.07) is 2.92. The molecule has 8 heteroatoms. The lowest BCUT2D eigenvalue weighted by Crippen LogP contribution is -2.23. The van der Waals surface area contributed by atoms with Gasteiger partial charge in [0.2, 0.25) is 11.5 Å². The van der Waals surface area contributed by atoms with Crippen molar-refractivity contribution >= 4 is 29.1 Å². The summed E-state index contributed by atoms with van der Waals surface area (Å²) in [6.07, 6.45) is 5.16. The lowest BCUT2D eigenvalue weighted by molar-refractivity contribution is 0.102. The molecule has 0 atom stereocenters. The van der Waals surface area contributed by atoms with Crippen LogP contribution in [0.25, 0.3) is 0 Å². The molecule has 0 spiro atoms. The van der Waals surface area contributed by atoms with Gasteiger partial charge in [-0.25, -0.2) is 9.97 Å². The van der Waals surface area contributed by atoms with Crippen LogP contribution in [0.2, 0.25) is 5.02 Å². The molecular formula is C15H16ClN5O2. The van der Waals surface area contributed by atoms with Gasteiger partial charge in [0.25, 0.3) is 5.91 Å². The summed E-state index contributed by atoms with van der Waals surface area (Å²) in [5, 5.41) is 2.88. The minimum Gasteiger partial charge on any atom is -0.341 e. The molecule has 1 aliphatic rings. The van der Waals surface area contributed by atoms with Crippen LogP contribution in [0.1, 0.15) is 23.3 Å². The Hall–Kier alpha value is -2.41. The van der Waals surface area contributed by atoms with E-state index in [2.05, 4.69) is 15.3 Å². The number of halogens is 1. The molecule has 0 saturated carbocycles. The van der Waals surface area contributed by atoms with Gasteiger partial charge in [-0.05, 0) is 18.9 Å². The van der Waals surface area contributed by atoms with E-state index in [9.17, 15) is 9.59 Å². The number of aryl methyl sites for hydroxylation is 1. The number of amides is 1. The summed E-state index contributed by atoms with van der Waals surface area (Å²) in [5.74, 6) is 0.0778. The maximum Gasteiger partial charge on any atom is 0.276 e. The average Bonchev–Trinajstić information content (AvgIpc) is 3.06. The Bertz CT molecular complexity index is 799.